The second kappa shape index (κ2) is 9.58. The van der Waals surface area contributed by atoms with Gasteiger partial charge in [0.25, 0.3) is 0 Å². The fraction of sp³-hybridized carbons (Fsp3) is 0.174. The second-order valence-electron chi connectivity index (χ2n) is 7.03. The summed E-state index contributed by atoms with van der Waals surface area (Å²) in [5, 5.41) is -1.16. The van der Waals surface area contributed by atoms with Crippen molar-refractivity contribution in [1.82, 2.24) is 0 Å². The van der Waals surface area contributed by atoms with Gasteiger partial charge in [0, 0.05) is 16.5 Å². The first-order valence-electron chi connectivity index (χ1n) is 9.36. The van der Waals surface area contributed by atoms with Crippen LogP contribution in [0.3, 0.4) is 0 Å². The average Bonchev–Trinajstić information content (AvgIpc) is 2.75. The van der Waals surface area contributed by atoms with Gasteiger partial charge in [-0.15, -0.1) is 0 Å². The molecule has 0 radical (unpaired) electrons. The predicted octanol–water partition coefficient (Wildman–Crippen LogP) is 5.63. The molecule has 0 N–H and O–H groups in total. The highest BCUT2D eigenvalue weighted by molar-refractivity contribution is 7.91. The highest BCUT2D eigenvalue weighted by atomic mass is 35.5. The van der Waals surface area contributed by atoms with Crippen molar-refractivity contribution < 1.29 is 26.7 Å². The van der Waals surface area contributed by atoms with E-state index in [9.17, 15) is 22.0 Å². The molecule has 3 aromatic carbocycles. The number of halogens is 3. The molecule has 0 aromatic heterocycles. The topological polar surface area (TPSA) is 60.4 Å². The molecule has 0 bridgehead atoms. The van der Waals surface area contributed by atoms with Crippen LogP contribution in [0.4, 0.5) is 8.78 Å². The molecule has 0 spiro atoms. The summed E-state index contributed by atoms with van der Waals surface area (Å²) in [6, 6.07) is 16.2. The number of esters is 1. The normalized spacial score (nSPS) is 13.4. The molecule has 4 nitrogen and oxygen atoms in total. The van der Waals surface area contributed by atoms with Crippen molar-refractivity contribution in [2.75, 3.05) is 6.61 Å². The monoisotopic (exact) mass is 464 g/mol. The first-order valence-corrected chi connectivity index (χ1v) is 11.3. The summed E-state index contributed by atoms with van der Waals surface area (Å²) in [7, 11) is -4.18. The molecule has 0 saturated heterocycles. The van der Waals surface area contributed by atoms with Gasteiger partial charge in [-0.05, 0) is 54.6 Å². The second-order valence-corrected chi connectivity index (χ2v) is 9.53. The van der Waals surface area contributed by atoms with Crippen LogP contribution < -0.4 is 0 Å². The van der Waals surface area contributed by atoms with Crippen LogP contribution in [0.15, 0.2) is 77.7 Å². The molecule has 2 unspecified atom stereocenters. The van der Waals surface area contributed by atoms with Gasteiger partial charge in [0.15, 0.2) is 9.84 Å². The van der Waals surface area contributed by atoms with Crippen LogP contribution in [-0.4, -0.2) is 21.0 Å². The lowest BCUT2D eigenvalue weighted by Gasteiger charge is -2.25. The van der Waals surface area contributed by atoms with Crippen LogP contribution in [0.1, 0.15) is 28.1 Å². The first-order chi connectivity index (χ1) is 14.7. The molecule has 0 heterocycles. The van der Waals surface area contributed by atoms with E-state index in [1.54, 1.807) is 30.3 Å². The quantitative estimate of drug-likeness (QED) is 0.425. The Kier molecular flexibility index (Phi) is 7.08. The van der Waals surface area contributed by atoms with Crippen molar-refractivity contribution in [3.8, 4) is 0 Å². The third-order valence-electron chi connectivity index (χ3n) is 4.74. The molecule has 0 aliphatic carbocycles. The van der Waals surface area contributed by atoms with Crippen LogP contribution in [0.5, 0.6) is 0 Å². The van der Waals surface area contributed by atoms with Crippen LogP contribution >= 0.6 is 11.6 Å². The van der Waals surface area contributed by atoms with Gasteiger partial charge < -0.3 is 4.74 Å². The maximum absolute atomic E-state index is 14.6. The fourth-order valence-electron chi connectivity index (χ4n) is 3.24. The lowest BCUT2D eigenvalue weighted by molar-refractivity contribution is 0.0445. The molecule has 8 heteroatoms. The van der Waals surface area contributed by atoms with Crippen LogP contribution in [-0.2, 0) is 14.6 Å². The highest BCUT2D eigenvalue weighted by Gasteiger charge is 2.36. The Morgan fingerprint density at radius 2 is 1.65 bits per heavy atom. The van der Waals surface area contributed by atoms with E-state index in [1.165, 1.54) is 31.2 Å². The average molecular weight is 465 g/mol. The van der Waals surface area contributed by atoms with Crippen LogP contribution in [0, 0.1) is 17.6 Å². The summed E-state index contributed by atoms with van der Waals surface area (Å²) in [6.45, 7) is 1.18. The van der Waals surface area contributed by atoms with Crippen molar-refractivity contribution >= 4 is 27.4 Å². The number of benzene rings is 3. The highest BCUT2D eigenvalue weighted by Crippen LogP contribution is 2.37. The van der Waals surface area contributed by atoms with E-state index in [4.69, 9.17) is 16.3 Å². The Morgan fingerprint density at radius 1 is 1.00 bits per heavy atom. The molecular formula is C23H19ClF2O4S. The maximum atomic E-state index is 14.6. The minimum atomic E-state index is -4.18. The molecule has 3 rings (SSSR count). The molecule has 162 valence electrons. The van der Waals surface area contributed by atoms with E-state index in [2.05, 4.69) is 0 Å². The number of hydrogen-bond donors (Lipinski definition) is 0. The summed E-state index contributed by atoms with van der Waals surface area (Å²) < 4.78 is 60.5. The number of carbonyl (C=O) groups is 1. The zero-order valence-electron chi connectivity index (χ0n) is 16.5. The molecule has 0 amide bonds. The molecule has 2 atom stereocenters. The van der Waals surface area contributed by atoms with E-state index in [-0.39, 0.29) is 17.1 Å². The van der Waals surface area contributed by atoms with Gasteiger partial charge in [0.2, 0.25) is 0 Å². The smallest absolute Gasteiger partial charge is 0.338 e. The minimum absolute atomic E-state index is 0.105. The largest absolute Gasteiger partial charge is 0.462 e. The lowest BCUT2D eigenvalue weighted by atomic mass is 10.0. The van der Waals surface area contributed by atoms with Crippen molar-refractivity contribution in [1.29, 1.82) is 0 Å². The zero-order valence-corrected chi connectivity index (χ0v) is 18.0. The van der Waals surface area contributed by atoms with Gasteiger partial charge in [-0.25, -0.2) is 22.0 Å². The van der Waals surface area contributed by atoms with Gasteiger partial charge >= 0.3 is 5.97 Å². The Bertz CT molecular complexity index is 1170. The number of rotatable bonds is 7. The van der Waals surface area contributed by atoms with Gasteiger partial charge in [-0.3, -0.25) is 0 Å². The molecule has 31 heavy (non-hydrogen) atoms. The summed E-state index contributed by atoms with van der Waals surface area (Å²) in [5.74, 6) is -3.18. The molecule has 3 aromatic rings. The summed E-state index contributed by atoms with van der Waals surface area (Å²) in [5.41, 5.74) is -0.0399. The number of hydrogen-bond acceptors (Lipinski definition) is 4. The van der Waals surface area contributed by atoms with E-state index < -0.39 is 38.6 Å². The van der Waals surface area contributed by atoms with Gasteiger partial charge in [0.05, 0.1) is 22.3 Å². The van der Waals surface area contributed by atoms with Crippen molar-refractivity contribution in [2.24, 2.45) is 5.92 Å². The number of carbonyl (C=O) groups excluding carboxylic acids is 1. The van der Waals surface area contributed by atoms with Gasteiger partial charge in [-0.1, -0.05) is 36.7 Å². The summed E-state index contributed by atoms with van der Waals surface area (Å²) in [4.78, 5) is 12.2. The number of ether oxygens (including phenoxy) is 1. The molecule has 0 saturated carbocycles. The van der Waals surface area contributed by atoms with E-state index in [1.807, 2.05) is 0 Å². The first kappa shape index (κ1) is 22.9. The summed E-state index contributed by atoms with van der Waals surface area (Å²) >= 11 is 5.85. The van der Waals surface area contributed by atoms with E-state index >= 15 is 0 Å². The van der Waals surface area contributed by atoms with E-state index in [0.717, 1.165) is 18.2 Å². The third-order valence-corrected chi connectivity index (χ3v) is 7.31. The molecule has 0 aliphatic heterocycles. The summed E-state index contributed by atoms with van der Waals surface area (Å²) in [6.07, 6.45) is 0. The molecular weight excluding hydrogens is 446 g/mol. The van der Waals surface area contributed by atoms with Crippen LogP contribution in [0.25, 0.3) is 0 Å². The Hall–Kier alpha value is -2.77. The standard InChI is InChI=1S/C23H19ClF2O4S/c1-15(14-30-23(27)16-5-3-2-4-6-16)22(20-13-18(25)9-12-21(20)26)31(28,29)19-10-7-17(24)8-11-19/h2-13,15,22H,14H2,1H3. The Morgan fingerprint density at radius 3 is 2.29 bits per heavy atom. The fourth-order valence-corrected chi connectivity index (χ4v) is 5.37. The zero-order chi connectivity index (χ0) is 22.6. The Labute approximate surface area is 184 Å². The third kappa shape index (κ3) is 5.29. The number of sulfone groups is 1. The Balaban J connectivity index is 1.96. The van der Waals surface area contributed by atoms with E-state index in [0.29, 0.717) is 10.6 Å². The van der Waals surface area contributed by atoms with Crippen molar-refractivity contribution in [3.05, 3.63) is 101 Å². The minimum Gasteiger partial charge on any atom is -0.462 e. The predicted molar refractivity (Wildman–Crippen MR) is 114 cm³/mol. The maximum Gasteiger partial charge on any atom is 0.338 e. The molecule has 0 fully saturated rings. The van der Waals surface area contributed by atoms with Gasteiger partial charge in [0.1, 0.15) is 11.6 Å². The van der Waals surface area contributed by atoms with Crippen molar-refractivity contribution in [2.45, 2.75) is 17.1 Å². The SMILES string of the molecule is CC(COC(=O)c1ccccc1)C(c1cc(F)ccc1F)S(=O)(=O)c1ccc(Cl)cc1. The van der Waals surface area contributed by atoms with Crippen molar-refractivity contribution in [3.63, 3.8) is 0 Å². The van der Waals surface area contributed by atoms with Gasteiger partial charge in [-0.2, -0.15) is 0 Å². The lowest BCUT2D eigenvalue weighted by Crippen LogP contribution is -2.26. The van der Waals surface area contributed by atoms with Crippen LogP contribution in [0.2, 0.25) is 5.02 Å². The molecule has 0 aliphatic rings.